The molecule has 0 spiro atoms. The number of aromatic amines is 2. The van der Waals surface area contributed by atoms with Gasteiger partial charge in [0, 0.05) is 43.4 Å². The first-order valence-electron chi connectivity index (χ1n) is 12.8. The van der Waals surface area contributed by atoms with Crippen LogP contribution in [0.4, 0.5) is 0 Å². The topological polar surface area (TPSA) is 79.5 Å². The van der Waals surface area contributed by atoms with Gasteiger partial charge in [-0.25, -0.2) is 0 Å². The van der Waals surface area contributed by atoms with Crippen LogP contribution in [0, 0.1) is 13.8 Å². The van der Waals surface area contributed by atoms with Gasteiger partial charge in [-0.1, -0.05) is 42.5 Å². The van der Waals surface area contributed by atoms with Gasteiger partial charge in [0.1, 0.15) is 18.1 Å². The van der Waals surface area contributed by atoms with Gasteiger partial charge < -0.3 is 9.72 Å². The first kappa shape index (κ1) is 23.4. The van der Waals surface area contributed by atoms with Crippen LogP contribution in [0.1, 0.15) is 16.0 Å². The van der Waals surface area contributed by atoms with Gasteiger partial charge >= 0.3 is 0 Å². The van der Waals surface area contributed by atoms with Crippen molar-refractivity contribution in [3.63, 3.8) is 0 Å². The number of H-pyrrole nitrogens is 2. The van der Waals surface area contributed by atoms with E-state index < -0.39 is 0 Å². The zero-order valence-electron chi connectivity index (χ0n) is 21.5. The molecule has 0 bridgehead atoms. The number of hydrogen-bond donors (Lipinski definition) is 2. The fourth-order valence-corrected chi connectivity index (χ4v) is 5.85. The molecule has 0 aliphatic carbocycles. The molecule has 0 unspecified atom stereocenters. The second kappa shape index (κ2) is 9.53. The van der Waals surface area contributed by atoms with Gasteiger partial charge in [-0.15, -0.1) is 11.3 Å². The number of rotatable bonds is 6. The Morgan fingerprint density at radius 3 is 2.62 bits per heavy atom. The molecule has 7 aromatic rings. The third-order valence-corrected chi connectivity index (χ3v) is 8.00. The van der Waals surface area contributed by atoms with Crippen molar-refractivity contribution >= 4 is 33.1 Å². The lowest BCUT2D eigenvalue weighted by Crippen LogP contribution is -1.96. The van der Waals surface area contributed by atoms with Gasteiger partial charge in [-0.3, -0.25) is 15.1 Å². The van der Waals surface area contributed by atoms with Gasteiger partial charge in [0.05, 0.1) is 29.3 Å². The summed E-state index contributed by atoms with van der Waals surface area (Å²) in [5.74, 6) is 0.702. The Bertz CT molecular complexity index is 1950. The average Bonchev–Trinajstić information content (AvgIpc) is 3.71. The zero-order chi connectivity index (χ0) is 26.3. The van der Waals surface area contributed by atoms with Crippen molar-refractivity contribution in [2.45, 2.75) is 20.5 Å². The van der Waals surface area contributed by atoms with E-state index in [1.807, 2.05) is 60.1 Å². The van der Waals surface area contributed by atoms with Gasteiger partial charge in [0.2, 0.25) is 0 Å². The van der Waals surface area contributed by atoms with E-state index in [-0.39, 0.29) is 0 Å². The molecule has 0 fully saturated rings. The summed E-state index contributed by atoms with van der Waals surface area (Å²) in [6, 6.07) is 25.1. The molecule has 190 valence electrons. The largest absolute Gasteiger partial charge is 0.487 e. The van der Waals surface area contributed by atoms with Crippen LogP contribution < -0.4 is 4.74 Å². The number of hydrogen-bond acceptors (Lipinski definition) is 5. The van der Waals surface area contributed by atoms with Crippen molar-refractivity contribution in [1.29, 1.82) is 0 Å². The summed E-state index contributed by atoms with van der Waals surface area (Å²) in [4.78, 5) is 15.3. The minimum Gasteiger partial charge on any atom is -0.487 e. The fraction of sp³-hybridized carbons (Fsp3) is 0.0938. The van der Waals surface area contributed by atoms with Crippen molar-refractivity contribution in [2.75, 3.05) is 0 Å². The Morgan fingerprint density at radius 2 is 1.77 bits per heavy atom. The predicted molar refractivity (Wildman–Crippen MR) is 158 cm³/mol. The highest BCUT2D eigenvalue weighted by atomic mass is 32.1. The van der Waals surface area contributed by atoms with Gasteiger partial charge in [0.15, 0.2) is 0 Å². The number of nitrogens with zero attached hydrogens (tertiary/aromatic N) is 3. The van der Waals surface area contributed by atoms with E-state index in [1.54, 1.807) is 6.20 Å². The van der Waals surface area contributed by atoms with Crippen LogP contribution in [0.15, 0.2) is 91.4 Å². The Balaban J connectivity index is 1.26. The molecule has 0 saturated carbocycles. The van der Waals surface area contributed by atoms with E-state index in [0.29, 0.717) is 12.4 Å². The van der Waals surface area contributed by atoms with E-state index in [2.05, 4.69) is 75.4 Å². The van der Waals surface area contributed by atoms with E-state index in [0.717, 1.165) is 44.6 Å². The number of benzene rings is 2. The number of aryl methyl sites for hydroxylation is 2. The molecule has 6 nitrogen and oxygen atoms in total. The third-order valence-electron chi connectivity index (χ3n) is 6.97. The number of ether oxygens (including phenoxy) is 1. The highest BCUT2D eigenvalue weighted by Gasteiger charge is 2.16. The van der Waals surface area contributed by atoms with E-state index in [9.17, 15) is 0 Å². The Labute approximate surface area is 229 Å². The van der Waals surface area contributed by atoms with Gasteiger partial charge in [0.25, 0.3) is 0 Å². The molecule has 7 heteroatoms. The third kappa shape index (κ3) is 4.36. The number of thiophene rings is 1. The smallest absolute Gasteiger partial charge is 0.138 e. The molecule has 0 aliphatic heterocycles. The molecule has 0 radical (unpaired) electrons. The molecular formula is C32H25N5OS. The second-order valence-electron chi connectivity index (χ2n) is 9.68. The maximum absolute atomic E-state index is 6.00. The van der Waals surface area contributed by atoms with Crippen molar-refractivity contribution in [1.82, 2.24) is 25.1 Å². The molecule has 0 saturated heterocycles. The zero-order valence-corrected chi connectivity index (χ0v) is 22.3. The SMILES string of the molecule is Cc1ccc(-c2ccc(C)c3[nH]c(-c4n[nH]c5cnc(-c6cncc(OCc7ccccc7)c6)cc45)cc23)s1. The van der Waals surface area contributed by atoms with E-state index in [4.69, 9.17) is 4.74 Å². The van der Waals surface area contributed by atoms with Gasteiger partial charge in [-0.05, 0) is 55.3 Å². The van der Waals surface area contributed by atoms with Crippen LogP contribution in [0.2, 0.25) is 0 Å². The normalized spacial score (nSPS) is 11.4. The standard InChI is InChI=1S/C32H25N5OS/c1-19-8-10-24(30-11-9-20(2)39-30)25-13-28(35-31(19)25)32-26-14-27(34-17-29(26)36-37-32)22-12-23(16-33-15-22)38-18-21-6-4-3-5-7-21/h3-17,35H,18H2,1-2H3,(H,36,37). The van der Waals surface area contributed by atoms with Crippen LogP contribution in [0.3, 0.4) is 0 Å². The van der Waals surface area contributed by atoms with Crippen LogP contribution in [-0.4, -0.2) is 25.1 Å². The maximum atomic E-state index is 6.00. The second-order valence-corrected chi connectivity index (χ2v) is 11.0. The number of aromatic nitrogens is 5. The Morgan fingerprint density at radius 1 is 0.872 bits per heavy atom. The predicted octanol–water partition coefficient (Wildman–Crippen LogP) is 8.09. The van der Waals surface area contributed by atoms with Crippen LogP contribution >= 0.6 is 11.3 Å². The summed E-state index contributed by atoms with van der Waals surface area (Å²) in [5.41, 5.74) is 9.08. The quantitative estimate of drug-likeness (QED) is 0.229. The number of fused-ring (bicyclic) bond motifs is 2. The highest BCUT2D eigenvalue weighted by molar-refractivity contribution is 7.15. The van der Waals surface area contributed by atoms with Gasteiger partial charge in [-0.2, -0.15) is 5.10 Å². The minimum atomic E-state index is 0.483. The minimum absolute atomic E-state index is 0.483. The summed E-state index contributed by atoms with van der Waals surface area (Å²) < 4.78 is 6.00. The Hall–Kier alpha value is -4.75. The number of nitrogens with one attached hydrogen (secondary N) is 2. The highest BCUT2D eigenvalue weighted by Crippen LogP contribution is 2.38. The summed E-state index contributed by atoms with van der Waals surface area (Å²) in [6.07, 6.45) is 5.37. The molecule has 7 rings (SSSR count). The summed E-state index contributed by atoms with van der Waals surface area (Å²) in [6.45, 7) is 4.76. The molecule has 39 heavy (non-hydrogen) atoms. The first-order valence-corrected chi connectivity index (χ1v) is 13.6. The summed E-state index contributed by atoms with van der Waals surface area (Å²) >= 11 is 1.81. The lowest BCUT2D eigenvalue weighted by molar-refractivity contribution is 0.305. The lowest BCUT2D eigenvalue weighted by atomic mass is 10.0. The van der Waals surface area contributed by atoms with Crippen LogP contribution in [0.5, 0.6) is 5.75 Å². The molecular weight excluding hydrogens is 502 g/mol. The first-order chi connectivity index (χ1) is 19.1. The summed E-state index contributed by atoms with van der Waals surface area (Å²) in [5, 5.41) is 10.0. The monoisotopic (exact) mass is 527 g/mol. The van der Waals surface area contributed by atoms with Crippen LogP contribution in [-0.2, 0) is 6.61 Å². The average molecular weight is 528 g/mol. The van der Waals surface area contributed by atoms with Crippen molar-refractivity contribution in [3.8, 4) is 38.8 Å². The summed E-state index contributed by atoms with van der Waals surface area (Å²) in [7, 11) is 0. The molecule has 5 aromatic heterocycles. The Kier molecular flexibility index (Phi) is 5.71. The molecule has 0 atom stereocenters. The van der Waals surface area contributed by atoms with E-state index >= 15 is 0 Å². The van der Waals surface area contributed by atoms with E-state index in [1.165, 1.54) is 26.3 Å². The molecule has 2 aromatic carbocycles. The van der Waals surface area contributed by atoms with Crippen molar-refractivity contribution < 1.29 is 4.74 Å². The lowest BCUT2D eigenvalue weighted by Gasteiger charge is -2.08. The maximum Gasteiger partial charge on any atom is 0.138 e. The molecule has 0 aliphatic rings. The molecule has 2 N–H and O–H groups in total. The van der Waals surface area contributed by atoms with Crippen molar-refractivity contribution in [2.24, 2.45) is 0 Å². The van der Waals surface area contributed by atoms with Crippen LogP contribution in [0.25, 0.3) is 54.9 Å². The molecule has 5 heterocycles. The molecule has 0 amide bonds. The fourth-order valence-electron chi connectivity index (χ4n) is 4.94. The number of pyridine rings is 2. The van der Waals surface area contributed by atoms with Crippen molar-refractivity contribution in [3.05, 3.63) is 107 Å².